The fourth-order valence-corrected chi connectivity index (χ4v) is 1.86. The fourth-order valence-electron chi connectivity index (χ4n) is 1.66. The second kappa shape index (κ2) is 4.92. The molecule has 0 spiro atoms. The Bertz CT molecular complexity index is 779. The van der Waals surface area contributed by atoms with Gasteiger partial charge in [0.05, 0.1) is 16.3 Å². The summed E-state index contributed by atoms with van der Waals surface area (Å²) in [5.74, 6) is -2.76. The molecule has 2 rings (SSSR count). The molecule has 0 aliphatic rings. The third kappa shape index (κ3) is 2.64. The van der Waals surface area contributed by atoms with Crippen LogP contribution in [0.4, 0.5) is 13.2 Å². The summed E-state index contributed by atoms with van der Waals surface area (Å²) in [6.45, 7) is 0. The number of aromatic nitrogens is 3. The number of hydrogen-bond donors (Lipinski definition) is 1. The normalized spacial score (nSPS) is 11.7. The van der Waals surface area contributed by atoms with Crippen molar-refractivity contribution in [2.45, 2.75) is 6.18 Å². The van der Waals surface area contributed by atoms with Gasteiger partial charge >= 0.3 is 17.8 Å². The van der Waals surface area contributed by atoms with E-state index in [4.69, 9.17) is 16.7 Å². The molecule has 0 aliphatic carbocycles. The topological polar surface area (TPSA) is 77.1 Å². The Kier molecular flexibility index (Phi) is 3.54. The number of hydrogen-bond acceptors (Lipinski definition) is 3. The van der Waals surface area contributed by atoms with Gasteiger partial charge in [0, 0.05) is 7.05 Å². The zero-order valence-electron chi connectivity index (χ0n) is 10.3. The van der Waals surface area contributed by atoms with Gasteiger partial charge in [-0.05, 0) is 18.2 Å². The average molecular weight is 322 g/mol. The second-order valence-corrected chi connectivity index (χ2v) is 4.45. The largest absolute Gasteiger partial charge is 0.478 e. The van der Waals surface area contributed by atoms with Gasteiger partial charge in [-0.25, -0.2) is 9.59 Å². The number of aromatic carboxylic acids is 1. The van der Waals surface area contributed by atoms with E-state index in [1.807, 2.05) is 0 Å². The van der Waals surface area contributed by atoms with Crippen LogP contribution in [0.15, 0.2) is 23.0 Å². The fraction of sp³-hybridized carbons (Fsp3) is 0.182. The van der Waals surface area contributed by atoms with Crippen LogP contribution in [0, 0.1) is 0 Å². The molecule has 0 radical (unpaired) electrons. The number of carboxylic acid groups (broad SMARTS) is 1. The number of rotatable bonds is 2. The van der Waals surface area contributed by atoms with E-state index < -0.39 is 23.7 Å². The first-order valence-electron chi connectivity index (χ1n) is 5.39. The van der Waals surface area contributed by atoms with Crippen molar-refractivity contribution in [3.63, 3.8) is 0 Å². The van der Waals surface area contributed by atoms with Gasteiger partial charge in [-0.2, -0.15) is 17.9 Å². The first kappa shape index (κ1) is 15.1. The Hall–Kier alpha value is -2.29. The van der Waals surface area contributed by atoms with E-state index in [-0.39, 0.29) is 16.3 Å². The number of halogens is 4. The Balaban J connectivity index is 2.66. The molecule has 1 aromatic carbocycles. The summed E-state index contributed by atoms with van der Waals surface area (Å²) in [6.07, 6.45) is -4.80. The minimum atomic E-state index is -4.80. The van der Waals surface area contributed by atoms with Crippen LogP contribution in [0.5, 0.6) is 0 Å². The smallest absolute Gasteiger partial charge is 0.451 e. The van der Waals surface area contributed by atoms with E-state index >= 15 is 0 Å². The first-order valence-corrected chi connectivity index (χ1v) is 5.77. The van der Waals surface area contributed by atoms with Crippen LogP contribution < -0.4 is 5.69 Å². The van der Waals surface area contributed by atoms with Crippen molar-refractivity contribution in [1.82, 2.24) is 14.3 Å². The standard InChI is InChI=1S/C11H7ClF3N3O3/c1-17-9(11(13,14)15)16-18(10(17)21)5-2-3-7(12)6(4-5)8(19)20/h2-4H,1H3,(H,19,20). The maximum Gasteiger partial charge on any atom is 0.451 e. The predicted molar refractivity (Wildman–Crippen MR) is 65.8 cm³/mol. The lowest BCUT2D eigenvalue weighted by atomic mass is 10.2. The van der Waals surface area contributed by atoms with E-state index in [0.29, 0.717) is 9.25 Å². The molecule has 0 saturated carbocycles. The van der Waals surface area contributed by atoms with E-state index in [0.717, 1.165) is 19.2 Å². The molecular formula is C11H7ClF3N3O3. The molecule has 1 aromatic heterocycles. The zero-order chi connectivity index (χ0) is 15.9. The van der Waals surface area contributed by atoms with Crippen molar-refractivity contribution in [2.75, 3.05) is 0 Å². The van der Waals surface area contributed by atoms with E-state index in [9.17, 15) is 22.8 Å². The first-order chi connectivity index (χ1) is 9.62. The van der Waals surface area contributed by atoms with Crippen molar-refractivity contribution < 1.29 is 23.1 Å². The van der Waals surface area contributed by atoms with E-state index in [1.165, 1.54) is 6.07 Å². The van der Waals surface area contributed by atoms with Gasteiger partial charge in [0.2, 0.25) is 5.82 Å². The summed E-state index contributed by atoms with van der Waals surface area (Å²) in [7, 11) is 0.919. The maximum absolute atomic E-state index is 12.7. The lowest BCUT2D eigenvalue weighted by Gasteiger charge is -2.03. The summed E-state index contributed by atoms with van der Waals surface area (Å²) in [6, 6.07) is 3.33. The molecule has 0 saturated heterocycles. The zero-order valence-corrected chi connectivity index (χ0v) is 11.1. The molecule has 1 N–H and O–H groups in total. The van der Waals surface area contributed by atoms with Gasteiger partial charge in [0.15, 0.2) is 0 Å². The molecule has 0 bridgehead atoms. The number of carbonyl (C=O) groups is 1. The summed E-state index contributed by atoms with van der Waals surface area (Å²) >= 11 is 5.65. The van der Waals surface area contributed by atoms with Gasteiger partial charge in [-0.15, -0.1) is 5.10 Å². The van der Waals surface area contributed by atoms with E-state index in [1.54, 1.807) is 0 Å². The molecule has 0 amide bonds. The van der Waals surface area contributed by atoms with E-state index in [2.05, 4.69) is 5.10 Å². The van der Waals surface area contributed by atoms with Crippen LogP contribution >= 0.6 is 11.6 Å². The summed E-state index contributed by atoms with van der Waals surface area (Å²) in [4.78, 5) is 22.7. The lowest BCUT2D eigenvalue weighted by molar-refractivity contribution is -0.147. The molecule has 0 fully saturated rings. The van der Waals surface area contributed by atoms with Crippen LogP contribution in [0.1, 0.15) is 16.2 Å². The van der Waals surface area contributed by atoms with Crippen LogP contribution in [0.3, 0.4) is 0 Å². The summed E-state index contributed by atoms with van der Waals surface area (Å²) in [5.41, 5.74) is -1.53. The highest BCUT2D eigenvalue weighted by molar-refractivity contribution is 6.33. The number of nitrogens with zero attached hydrogens (tertiary/aromatic N) is 3. The van der Waals surface area contributed by atoms with Crippen molar-refractivity contribution in [2.24, 2.45) is 7.05 Å². The average Bonchev–Trinajstić information content (AvgIpc) is 2.66. The highest BCUT2D eigenvalue weighted by atomic mass is 35.5. The molecule has 0 atom stereocenters. The van der Waals surface area contributed by atoms with Crippen LogP contribution in [-0.2, 0) is 13.2 Å². The van der Waals surface area contributed by atoms with Gasteiger partial charge in [0.1, 0.15) is 0 Å². The van der Waals surface area contributed by atoms with Crippen LogP contribution in [0.2, 0.25) is 5.02 Å². The van der Waals surface area contributed by atoms with Gasteiger partial charge < -0.3 is 5.11 Å². The minimum absolute atomic E-state index is 0.105. The Morgan fingerprint density at radius 3 is 2.48 bits per heavy atom. The van der Waals surface area contributed by atoms with Gasteiger partial charge in [-0.3, -0.25) is 4.57 Å². The number of benzene rings is 1. The molecule has 1 heterocycles. The van der Waals surface area contributed by atoms with Gasteiger partial charge in [0.25, 0.3) is 0 Å². The monoisotopic (exact) mass is 321 g/mol. The maximum atomic E-state index is 12.7. The Morgan fingerprint density at radius 2 is 2.00 bits per heavy atom. The lowest BCUT2D eigenvalue weighted by Crippen LogP contribution is -2.23. The molecule has 2 aromatic rings. The van der Waals surface area contributed by atoms with Crippen molar-refractivity contribution in [3.8, 4) is 5.69 Å². The quantitative estimate of drug-likeness (QED) is 0.917. The molecule has 0 unspecified atom stereocenters. The van der Waals surface area contributed by atoms with Crippen molar-refractivity contribution >= 4 is 17.6 Å². The predicted octanol–water partition coefficient (Wildman–Crippen LogP) is 1.94. The highest BCUT2D eigenvalue weighted by Crippen LogP contribution is 2.27. The van der Waals surface area contributed by atoms with Crippen molar-refractivity contribution in [1.29, 1.82) is 0 Å². The SMILES string of the molecule is Cn1c(C(F)(F)F)nn(-c2ccc(Cl)c(C(=O)O)c2)c1=O. The number of carboxylic acids is 1. The van der Waals surface area contributed by atoms with Crippen LogP contribution in [0.25, 0.3) is 5.69 Å². The third-order valence-corrected chi connectivity index (χ3v) is 2.99. The van der Waals surface area contributed by atoms with Gasteiger partial charge in [-0.1, -0.05) is 11.6 Å². The second-order valence-electron chi connectivity index (χ2n) is 4.04. The summed E-state index contributed by atoms with van der Waals surface area (Å²) < 4.78 is 38.8. The number of alkyl halides is 3. The van der Waals surface area contributed by atoms with Crippen molar-refractivity contribution in [3.05, 3.63) is 45.1 Å². The molecule has 0 aliphatic heterocycles. The molecule has 112 valence electrons. The Morgan fingerprint density at radius 1 is 1.38 bits per heavy atom. The van der Waals surface area contributed by atoms with Crippen LogP contribution in [-0.4, -0.2) is 25.4 Å². The Labute approximate surface area is 120 Å². The molecular weight excluding hydrogens is 315 g/mol. The molecule has 10 heteroatoms. The third-order valence-electron chi connectivity index (χ3n) is 2.66. The molecule has 6 nitrogen and oxygen atoms in total. The summed E-state index contributed by atoms with van der Waals surface area (Å²) in [5, 5.41) is 12.0. The minimum Gasteiger partial charge on any atom is -0.478 e. The molecule has 21 heavy (non-hydrogen) atoms. The highest BCUT2D eigenvalue weighted by Gasteiger charge is 2.38.